The minimum atomic E-state index is 0.610. The van der Waals surface area contributed by atoms with Gasteiger partial charge in [-0.05, 0) is 19.3 Å². The van der Waals surface area contributed by atoms with E-state index in [4.69, 9.17) is 4.74 Å². The van der Waals surface area contributed by atoms with Crippen LogP contribution in [0.3, 0.4) is 0 Å². The molecule has 1 aliphatic heterocycles. The Kier molecular flexibility index (Phi) is 4.36. The zero-order chi connectivity index (χ0) is 11.2. The molecule has 1 saturated heterocycles. The third-order valence-electron chi connectivity index (χ3n) is 3.06. The first-order valence-electron chi connectivity index (χ1n) is 6.20. The van der Waals surface area contributed by atoms with Gasteiger partial charge in [-0.25, -0.2) is 4.98 Å². The first-order chi connectivity index (χ1) is 7.90. The quantitative estimate of drug-likeness (QED) is 0.823. The Labute approximate surface area is 97.0 Å². The molecule has 2 rings (SSSR count). The van der Waals surface area contributed by atoms with Gasteiger partial charge < -0.3 is 14.6 Å². The largest absolute Gasteiger partial charge is 0.381 e. The number of ether oxygens (including phenoxy) is 1. The molecular formula is C12H21N3O. The molecule has 0 aromatic carbocycles. The van der Waals surface area contributed by atoms with E-state index in [9.17, 15) is 0 Å². The highest BCUT2D eigenvalue weighted by Crippen LogP contribution is 2.08. The molecule has 90 valence electrons. The van der Waals surface area contributed by atoms with Gasteiger partial charge in [0, 0.05) is 38.5 Å². The Morgan fingerprint density at radius 2 is 2.31 bits per heavy atom. The van der Waals surface area contributed by atoms with Gasteiger partial charge in [-0.2, -0.15) is 0 Å². The van der Waals surface area contributed by atoms with Crippen molar-refractivity contribution in [1.82, 2.24) is 14.9 Å². The van der Waals surface area contributed by atoms with Crippen molar-refractivity contribution in [2.45, 2.75) is 45.3 Å². The van der Waals surface area contributed by atoms with Crippen LogP contribution in [0, 0.1) is 0 Å². The fourth-order valence-corrected chi connectivity index (χ4v) is 2.09. The Balaban J connectivity index is 1.81. The van der Waals surface area contributed by atoms with Crippen molar-refractivity contribution in [2.24, 2.45) is 0 Å². The van der Waals surface area contributed by atoms with Gasteiger partial charge in [0.2, 0.25) is 0 Å². The summed E-state index contributed by atoms with van der Waals surface area (Å²) in [5, 5.41) is 3.58. The molecule has 0 radical (unpaired) electrons. The smallest absolute Gasteiger partial charge is 0.0948 e. The van der Waals surface area contributed by atoms with Crippen molar-refractivity contribution in [2.75, 3.05) is 13.2 Å². The monoisotopic (exact) mass is 223 g/mol. The molecule has 4 nitrogen and oxygen atoms in total. The molecule has 1 aromatic rings. The van der Waals surface area contributed by atoms with Crippen LogP contribution >= 0.6 is 0 Å². The van der Waals surface area contributed by atoms with Gasteiger partial charge in [0.15, 0.2) is 0 Å². The molecule has 16 heavy (non-hydrogen) atoms. The van der Waals surface area contributed by atoms with Crippen LogP contribution in [0.4, 0.5) is 0 Å². The van der Waals surface area contributed by atoms with Crippen molar-refractivity contribution in [3.05, 3.63) is 18.2 Å². The third-order valence-corrected chi connectivity index (χ3v) is 3.06. The van der Waals surface area contributed by atoms with E-state index >= 15 is 0 Å². The zero-order valence-corrected chi connectivity index (χ0v) is 9.98. The summed E-state index contributed by atoms with van der Waals surface area (Å²) in [7, 11) is 0. The lowest BCUT2D eigenvalue weighted by atomic mass is 10.1. The fourth-order valence-electron chi connectivity index (χ4n) is 2.09. The van der Waals surface area contributed by atoms with E-state index in [2.05, 4.69) is 21.8 Å². The van der Waals surface area contributed by atoms with Crippen molar-refractivity contribution >= 4 is 0 Å². The number of aryl methyl sites for hydroxylation is 1. The van der Waals surface area contributed by atoms with E-state index in [1.807, 2.05) is 12.5 Å². The zero-order valence-electron chi connectivity index (χ0n) is 9.98. The predicted octanol–water partition coefficient (Wildman–Crippen LogP) is 1.56. The predicted molar refractivity (Wildman–Crippen MR) is 63.2 cm³/mol. The molecule has 1 N–H and O–H groups in total. The van der Waals surface area contributed by atoms with Gasteiger partial charge in [0.05, 0.1) is 12.0 Å². The molecule has 2 heterocycles. The first-order valence-corrected chi connectivity index (χ1v) is 6.20. The molecule has 1 aliphatic rings. The maximum Gasteiger partial charge on any atom is 0.0948 e. The van der Waals surface area contributed by atoms with Gasteiger partial charge in [-0.15, -0.1) is 0 Å². The van der Waals surface area contributed by atoms with Crippen molar-refractivity contribution < 1.29 is 4.74 Å². The summed E-state index contributed by atoms with van der Waals surface area (Å²) in [5.41, 5.74) is 1.29. The summed E-state index contributed by atoms with van der Waals surface area (Å²) in [6, 6.07) is 0.610. The molecule has 0 spiro atoms. The summed E-state index contributed by atoms with van der Waals surface area (Å²) >= 11 is 0. The van der Waals surface area contributed by atoms with Crippen LogP contribution in [0.15, 0.2) is 12.5 Å². The highest BCUT2D eigenvalue weighted by molar-refractivity contribution is 4.98. The van der Waals surface area contributed by atoms with Crippen molar-refractivity contribution in [3.8, 4) is 0 Å². The van der Waals surface area contributed by atoms with Crippen LogP contribution in [0.25, 0.3) is 0 Å². The molecule has 1 fully saturated rings. The molecular weight excluding hydrogens is 202 g/mol. The lowest BCUT2D eigenvalue weighted by Crippen LogP contribution is -2.34. The number of hydrogen-bond donors (Lipinski definition) is 1. The normalized spacial score (nSPS) is 17.8. The van der Waals surface area contributed by atoms with E-state index in [1.54, 1.807) is 0 Å². The lowest BCUT2D eigenvalue weighted by Gasteiger charge is -2.23. The second kappa shape index (κ2) is 6.01. The van der Waals surface area contributed by atoms with E-state index in [-0.39, 0.29) is 0 Å². The number of hydrogen-bond acceptors (Lipinski definition) is 3. The summed E-state index contributed by atoms with van der Waals surface area (Å²) in [4.78, 5) is 4.20. The van der Waals surface area contributed by atoms with Crippen LogP contribution in [0.2, 0.25) is 0 Å². The number of nitrogens with one attached hydrogen (secondary N) is 1. The van der Waals surface area contributed by atoms with Gasteiger partial charge in [-0.3, -0.25) is 0 Å². The lowest BCUT2D eigenvalue weighted by molar-refractivity contribution is 0.0774. The number of imidazole rings is 1. The highest BCUT2D eigenvalue weighted by atomic mass is 16.5. The van der Waals surface area contributed by atoms with Crippen LogP contribution < -0.4 is 5.32 Å². The Morgan fingerprint density at radius 3 is 3.06 bits per heavy atom. The minimum Gasteiger partial charge on any atom is -0.381 e. The maximum absolute atomic E-state index is 5.34. The summed E-state index contributed by atoms with van der Waals surface area (Å²) in [6.45, 7) is 5.96. The van der Waals surface area contributed by atoms with E-state index in [0.29, 0.717) is 6.04 Å². The molecule has 0 atom stereocenters. The molecule has 0 unspecified atom stereocenters. The van der Waals surface area contributed by atoms with Gasteiger partial charge in [0.25, 0.3) is 0 Å². The van der Waals surface area contributed by atoms with E-state index < -0.39 is 0 Å². The average Bonchev–Trinajstić information content (AvgIpc) is 2.76. The van der Waals surface area contributed by atoms with Crippen LogP contribution in [0.5, 0.6) is 0 Å². The summed E-state index contributed by atoms with van der Waals surface area (Å²) in [6.07, 6.45) is 7.29. The second-order valence-electron chi connectivity index (χ2n) is 4.35. The average molecular weight is 223 g/mol. The first kappa shape index (κ1) is 11.6. The topological polar surface area (TPSA) is 39.1 Å². The molecule has 1 aromatic heterocycles. The SMILES string of the molecule is CCCn1cncc1CNC1CCOCC1. The third kappa shape index (κ3) is 3.06. The van der Waals surface area contributed by atoms with Crippen molar-refractivity contribution in [1.29, 1.82) is 0 Å². The minimum absolute atomic E-state index is 0.610. The fraction of sp³-hybridized carbons (Fsp3) is 0.750. The van der Waals surface area contributed by atoms with Gasteiger partial charge in [0.1, 0.15) is 0 Å². The summed E-state index contributed by atoms with van der Waals surface area (Å²) in [5.74, 6) is 0. The Bertz CT molecular complexity index is 305. The maximum atomic E-state index is 5.34. The summed E-state index contributed by atoms with van der Waals surface area (Å²) < 4.78 is 7.57. The Hall–Kier alpha value is -0.870. The van der Waals surface area contributed by atoms with Crippen LogP contribution in [-0.4, -0.2) is 28.8 Å². The second-order valence-corrected chi connectivity index (χ2v) is 4.35. The van der Waals surface area contributed by atoms with E-state index in [1.165, 1.54) is 5.69 Å². The molecule has 4 heteroatoms. The van der Waals surface area contributed by atoms with Crippen molar-refractivity contribution in [3.63, 3.8) is 0 Å². The highest BCUT2D eigenvalue weighted by Gasteiger charge is 2.13. The number of nitrogens with zero attached hydrogens (tertiary/aromatic N) is 2. The molecule has 0 bridgehead atoms. The van der Waals surface area contributed by atoms with Gasteiger partial charge >= 0.3 is 0 Å². The molecule has 0 saturated carbocycles. The van der Waals surface area contributed by atoms with E-state index in [0.717, 1.165) is 45.6 Å². The van der Waals surface area contributed by atoms with Gasteiger partial charge in [-0.1, -0.05) is 6.92 Å². The van der Waals surface area contributed by atoms with Crippen LogP contribution in [0.1, 0.15) is 31.9 Å². The molecule has 0 aliphatic carbocycles. The number of aromatic nitrogens is 2. The van der Waals surface area contributed by atoms with Crippen LogP contribution in [-0.2, 0) is 17.8 Å². The standard InChI is InChI=1S/C12H21N3O/c1-2-5-15-10-13-8-12(15)9-14-11-3-6-16-7-4-11/h8,10-11,14H,2-7,9H2,1H3. The molecule has 0 amide bonds. The number of rotatable bonds is 5. The Morgan fingerprint density at radius 1 is 1.50 bits per heavy atom.